The summed E-state index contributed by atoms with van der Waals surface area (Å²) < 4.78 is 11.0. The molecule has 0 radical (unpaired) electrons. The SMILES string of the molecule is CCOC(=O)[C@@H](NC1CCCCCCC1)[C@@H](OC)c1ccccc1. The molecule has 0 spiro atoms. The van der Waals surface area contributed by atoms with Gasteiger partial charge in [-0.2, -0.15) is 0 Å². The van der Waals surface area contributed by atoms with Gasteiger partial charge in [-0.15, -0.1) is 0 Å². The first-order chi connectivity index (χ1) is 11.8. The van der Waals surface area contributed by atoms with Crippen molar-refractivity contribution >= 4 is 5.97 Å². The second kappa shape index (κ2) is 10.5. The molecule has 2 rings (SSSR count). The average molecular weight is 333 g/mol. The summed E-state index contributed by atoms with van der Waals surface area (Å²) in [6.07, 6.45) is 8.23. The fourth-order valence-electron chi connectivity index (χ4n) is 3.50. The Morgan fingerprint density at radius 3 is 2.33 bits per heavy atom. The predicted molar refractivity (Wildman–Crippen MR) is 95.9 cm³/mol. The molecule has 0 amide bonds. The molecule has 0 unspecified atom stereocenters. The molecule has 0 aliphatic heterocycles. The van der Waals surface area contributed by atoms with Crippen molar-refractivity contribution in [2.75, 3.05) is 13.7 Å². The van der Waals surface area contributed by atoms with Gasteiger partial charge in [-0.25, -0.2) is 0 Å². The summed E-state index contributed by atoms with van der Waals surface area (Å²) in [6, 6.07) is 9.79. The van der Waals surface area contributed by atoms with Gasteiger partial charge in [0.05, 0.1) is 6.61 Å². The molecule has 4 nitrogen and oxygen atoms in total. The molecule has 0 heterocycles. The average Bonchev–Trinajstić information content (AvgIpc) is 2.57. The van der Waals surface area contributed by atoms with Gasteiger partial charge in [0.25, 0.3) is 0 Å². The summed E-state index contributed by atoms with van der Waals surface area (Å²) in [5.74, 6) is -0.227. The maximum absolute atomic E-state index is 12.6. The third-order valence-electron chi connectivity index (χ3n) is 4.75. The summed E-state index contributed by atoms with van der Waals surface area (Å²) in [5, 5.41) is 3.56. The van der Waals surface area contributed by atoms with Crippen LogP contribution in [0.2, 0.25) is 0 Å². The maximum Gasteiger partial charge on any atom is 0.326 e. The van der Waals surface area contributed by atoms with E-state index in [4.69, 9.17) is 9.47 Å². The fourth-order valence-corrected chi connectivity index (χ4v) is 3.50. The zero-order valence-corrected chi connectivity index (χ0v) is 15.0. The highest BCUT2D eigenvalue weighted by atomic mass is 16.5. The van der Waals surface area contributed by atoms with Gasteiger partial charge in [0, 0.05) is 13.2 Å². The third kappa shape index (κ3) is 5.60. The van der Waals surface area contributed by atoms with Crippen LogP contribution in [-0.4, -0.2) is 31.8 Å². The standard InChI is InChI=1S/C20H31NO3/c1-3-24-20(22)18(19(23-2)16-12-8-7-9-13-16)21-17-14-10-5-4-6-11-15-17/h7-9,12-13,17-19,21H,3-6,10-11,14-15H2,1-2H3/t18-,19-/m0/s1. The molecule has 1 fully saturated rings. The molecule has 0 bridgehead atoms. The molecule has 1 aliphatic carbocycles. The van der Waals surface area contributed by atoms with Crippen LogP contribution in [0.25, 0.3) is 0 Å². The van der Waals surface area contributed by atoms with E-state index in [0.29, 0.717) is 12.6 Å². The topological polar surface area (TPSA) is 47.6 Å². The molecule has 1 aromatic rings. The fraction of sp³-hybridized carbons (Fsp3) is 0.650. The first kappa shape index (κ1) is 18.9. The molecular formula is C20H31NO3. The highest BCUT2D eigenvalue weighted by molar-refractivity contribution is 5.77. The van der Waals surface area contributed by atoms with E-state index in [9.17, 15) is 4.79 Å². The van der Waals surface area contributed by atoms with Gasteiger partial charge in [-0.05, 0) is 25.3 Å². The van der Waals surface area contributed by atoms with Crippen molar-refractivity contribution in [1.82, 2.24) is 5.32 Å². The summed E-state index contributed by atoms with van der Waals surface area (Å²) in [7, 11) is 1.66. The Morgan fingerprint density at radius 2 is 1.75 bits per heavy atom. The van der Waals surface area contributed by atoms with E-state index in [2.05, 4.69) is 5.32 Å². The van der Waals surface area contributed by atoms with Gasteiger partial charge >= 0.3 is 5.97 Å². The summed E-state index contributed by atoms with van der Waals surface area (Å²) in [5.41, 5.74) is 0.997. The van der Waals surface area contributed by atoms with Gasteiger partial charge in [0.1, 0.15) is 12.1 Å². The Bertz CT molecular complexity index is 469. The van der Waals surface area contributed by atoms with Crippen molar-refractivity contribution in [3.63, 3.8) is 0 Å². The van der Waals surface area contributed by atoms with Crippen LogP contribution >= 0.6 is 0 Å². The first-order valence-electron chi connectivity index (χ1n) is 9.26. The number of hydrogen-bond donors (Lipinski definition) is 1. The van der Waals surface area contributed by atoms with Gasteiger partial charge < -0.3 is 9.47 Å². The molecular weight excluding hydrogens is 302 g/mol. The molecule has 1 aromatic carbocycles. The van der Waals surface area contributed by atoms with Crippen molar-refractivity contribution in [2.45, 2.75) is 70.1 Å². The Balaban J connectivity index is 2.14. The minimum Gasteiger partial charge on any atom is -0.465 e. The zero-order valence-electron chi connectivity index (χ0n) is 15.0. The lowest BCUT2D eigenvalue weighted by molar-refractivity contribution is -0.150. The molecule has 24 heavy (non-hydrogen) atoms. The Kier molecular flexibility index (Phi) is 8.26. The van der Waals surface area contributed by atoms with E-state index in [1.54, 1.807) is 7.11 Å². The molecule has 0 aromatic heterocycles. The van der Waals surface area contributed by atoms with Crippen LogP contribution in [0.1, 0.15) is 63.5 Å². The number of hydrogen-bond acceptors (Lipinski definition) is 4. The third-order valence-corrected chi connectivity index (χ3v) is 4.75. The van der Waals surface area contributed by atoms with E-state index in [-0.39, 0.29) is 12.1 Å². The van der Waals surface area contributed by atoms with Crippen molar-refractivity contribution in [3.8, 4) is 0 Å². The summed E-state index contributed by atoms with van der Waals surface area (Å²) in [6.45, 7) is 2.22. The molecule has 0 saturated heterocycles. The van der Waals surface area contributed by atoms with Crippen LogP contribution in [0.15, 0.2) is 30.3 Å². The normalized spacial score (nSPS) is 19.1. The van der Waals surface area contributed by atoms with E-state index in [0.717, 1.165) is 18.4 Å². The van der Waals surface area contributed by atoms with Crippen molar-refractivity contribution in [2.24, 2.45) is 0 Å². The van der Waals surface area contributed by atoms with Crippen LogP contribution in [-0.2, 0) is 14.3 Å². The number of esters is 1. The van der Waals surface area contributed by atoms with Gasteiger partial charge in [0.2, 0.25) is 0 Å². The van der Waals surface area contributed by atoms with Crippen molar-refractivity contribution in [3.05, 3.63) is 35.9 Å². The predicted octanol–water partition coefficient (Wildman–Crippen LogP) is 4.01. The van der Waals surface area contributed by atoms with E-state index in [1.165, 1.54) is 32.1 Å². The number of methoxy groups -OCH3 is 1. The van der Waals surface area contributed by atoms with Crippen molar-refractivity contribution < 1.29 is 14.3 Å². The molecule has 4 heteroatoms. The quantitative estimate of drug-likeness (QED) is 0.766. The Morgan fingerprint density at radius 1 is 1.12 bits per heavy atom. The number of carbonyl (C=O) groups is 1. The van der Waals surface area contributed by atoms with E-state index >= 15 is 0 Å². The van der Waals surface area contributed by atoms with E-state index < -0.39 is 6.04 Å². The first-order valence-corrected chi connectivity index (χ1v) is 9.26. The smallest absolute Gasteiger partial charge is 0.326 e. The summed E-state index contributed by atoms with van der Waals surface area (Å²) >= 11 is 0. The van der Waals surface area contributed by atoms with Crippen molar-refractivity contribution in [1.29, 1.82) is 0 Å². The number of ether oxygens (including phenoxy) is 2. The molecule has 1 N–H and O–H groups in total. The Labute approximate surface area is 145 Å². The van der Waals surface area contributed by atoms with Gasteiger partial charge in [-0.1, -0.05) is 62.4 Å². The highest BCUT2D eigenvalue weighted by Crippen LogP contribution is 2.24. The zero-order chi connectivity index (χ0) is 17.2. The highest BCUT2D eigenvalue weighted by Gasteiger charge is 2.32. The van der Waals surface area contributed by atoms with Gasteiger partial charge in [0.15, 0.2) is 0 Å². The second-order valence-electron chi connectivity index (χ2n) is 6.51. The monoisotopic (exact) mass is 333 g/mol. The number of nitrogens with one attached hydrogen (secondary N) is 1. The van der Waals surface area contributed by atoms with Crippen LogP contribution in [0, 0.1) is 0 Å². The molecule has 1 aliphatic rings. The number of benzene rings is 1. The van der Waals surface area contributed by atoms with Crippen LogP contribution in [0.3, 0.4) is 0 Å². The maximum atomic E-state index is 12.6. The van der Waals surface area contributed by atoms with Crippen LogP contribution in [0.5, 0.6) is 0 Å². The number of carbonyl (C=O) groups excluding carboxylic acids is 1. The Hall–Kier alpha value is -1.39. The lowest BCUT2D eigenvalue weighted by Crippen LogP contribution is -2.48. The molecule has 134 valence electrons. The second-order valence-corrected chi connectivity index (χ2v) is 6.51. The van der Waals surface area contributed by atoms with Gasteiger partial charge in [-0.3, -0.25) is 10.1 Å². The lowest BCUT2D eigenvalue weighted by Gasteiger charge is -2.30. The minimum atomic E-state index is -0.471. The number of rotatable bonds is 7. The lowest BCUT2D eigenvalue weighted by atomic mass is 9.94. The largest absolute Gasteiger partial charge is 0.465 e. The summed E-state index contributed by atoms with van der Waals surface area (Å²) in [4.78, 5) is 12.6. The molecule has 1 saturated carbocycles. The van der Waals surface area contributed by atoms with Crippen LogP contribution in [0.4, 0.5) is 0 Å². The molecule has 2 atom stereocenters. The van der Waals surface area contributed by atoms with Crippen LogP contribution < -0.4 is 5.32 Å². The van der Waals surface area contributed by atoms with E-state index in [1.807, 2.05) is 37.3 Å². The minimum absolute atomic E-state index is 0.227.